The fourth-order valence-electron chi connectivity index (χ4n) is 2.19. The third-order valence-electron chi connectivity index (χ3n) is 3.53. The minimum absolute atomic E-state index is 0.0595. The zero-order valence-corrected chi connectivity index (χ0v) is 16.7. The van der Waals surface area contributed by atoms with Crippen molar-refractivity contribution >= 4 is 45.2 Å². The van der Waals surface area contributed by atoms with Crippen molar-refractivity contribution in [3.8, 4) is 0 Å². The second-order valence-corrected chi connectivity index (χ2v) is 7.46. The number of anilines is 1. The van der Waals surface area contributed by atoms with Gasteiger partial charge in [0.1, 0.15) is 0 Å². The van der Waals surface area contributed by atoms with Crippen LogP contribution in [0.4, 0.5) is 5.69 Å². The summed E-state index contributed by atoms with van der Waals surface area (Å²) in [5.74, 6) is 0.488. The molecule has 0 aliphatic rings. The van der Waals surface area contributed by atoms with Gasteiger partial charge in [-0.15, -0.1) is 11.8 Å². The number of halogens is 1. The Labute approximate surface area is 160 Å². The van der Waals surface area contributed by atoms with Gasteiger partial charge in [0.25, 0.3) is 5.91 Å². The van der Waals surface area contributed by atoms with Crippen molar-refractivity contribution < 1.29 is 9.59 Å². The molecule has 2 amide bonds. The van der Waals surface area contributed by atoms with Crippen LogP contribution in [0.2, 0.25) is 0 Å². The lowest BCUT2D eigenvalue weighted by Crippen LogP contribution is -2.23. The summed E-state index contributed by atoms with van der Waals surface area (Å²) >= 11 is 5.13. The van der Waals surface area contributed by atoms with Gasteiger partial charge in [-0.25, -0.2) is 0 Å². The van der Waals surface area contributed by atoms with Gasteiger partial charge in [-0.3, -0.25) is 9.59 Å². The molecular weight excluding hydrogens is 400 g/mol. The van der Waals surface area contributed by atoms with Crippen LogP contribution in [-0.2, 0) is 4.79 Å². The highest BCUT2D eigenvalue weighted by Crippen LogP contribution is 2.27. The van der Waals surface area contributed by atoms with Crippen LogP contribution in [0, 0.1) is 6.92 Å². The summed E-state index contributed by atoms with van der Waals surface area (Å²) in [4.78, 5) is 25.2. The number of carbonyl (C=O) groups is 2. The van der Waals surface area contributed by atoms with Crippen molar-refractivity contribution in [1.82, 2.24) is 5.32 Å². The van der Waals surface area contributed by atoms with Crippen molar-refractivity contribution in [3.05, 3.63) is 58.1 Å². The van der Waals surface area contributed by atoms with E-state index < -0.39 is 0 Å². The number of aryl methyl sites for hydroxylation is 1. The molecule has 0 saturated heterocycles. The summed E-state index contributed by atoms with van der Waals surface area (Å²) in [6.07, 6.45) is 0.400. The number of nitrogens with one attached hydrogen (secondary N) is 2. The summed E-state index contributed by atoms with van der Waals surface area (Å²) in [7, 11) is 0. The van der Waals surface area contributed by atoms with Crippen LogP contribution in [-0.4, -0.2) is 24.1 Å². The highest BCUT2D eigenvalue weighted by Gasteiger charge is 2.10. The van der Waals surface area contributed by atoms with Crippen molar-refractivity contribution in [2.45, 2.75) is 25.2 Å². The van der Waals surface area contributed by atoms with E-state index in [9.17, 15) is 9.59 Å². The topological polar surface area (TPSA) is 58.2 Å². The van der Waals surface area contributed by atoms with Crippen molar-refractivity contribution in [2.24, 2.45) is 0 Å². The lowest BCUT2D eigenvalue weighted by atomic mass is 10.1. The Morgan fingerprint density at radius 3 is 2.64 bits per heavy atom. The lowest BCUT2D eigenvalue weighted by molar-refractivity contribution is -0.115. The molecule has 0 radical (unpaired) electrons. The quantitative estimate of drug-likeness (QED) is 0.641. The third-order valence-corrected chi connectivity index (χ3v) is 5.56. The summed E-state index contributed by atoms with van der Waals surface area (Å²) in [5.41, 5.74) is 2.16. The normalized spacial score (nSPS) is 10.4. The molecule has 2 rings (SSSR count). The van der Waals surface area contributed by atoms with E-state index in [2.05, 4.69) is 26.6 Å². The van der Waals surface area contributed by atoms with Gasteiger partial charge >= 0.3 is 0 Å². The van der Waals surface area contributed by atoms with Crippen LogP contribution in [0.3, 0.4) is 0 Å². The zero-order valence-electron chi connectivity index (χ0n) is 14.3. The van der Waals surface area contributed by atoms with Gasteiger partial charge in [-0.05, 0) is 59.6 Å². The maximum Gasteiger partial charge on any atom is 0.251 e. The van der Waals surface area contributed by atoms with Crippen LogP contribution >= 0.6 is 27.7 Å². The van der Waals surface area contributed by atoms with Gasteiger partial charge in [0, 0.05) is 39.3 Å². The summed E-state index contributed by atoms with van der Waals surface area (Å²) in [6.45, 7) is 4.35. The minimum atomic E-state index is -0.137. The molecule has 6 heteroatoms. The van der Waals surface area contributed by atoms with E-state index in [4.69, 9.17) is 0 Å². The molecule has 2 N–H and O–H groups in total. The molecule has 0 spiro atoms. The molecule has 2 aromatic rings. The first-order valence-corrected chi connectivity index (χ1v) is 9.85. The monoisotopic (exact) mass is 420 g/mol. The predicted octanol–water partition coefficient (Wildman–Crippen LogP) is 4.63. The summed E-state index contributed by atoms with van der Waals surface area (Å²) < 4.78 is 1.03. The van der Waals surface area contributed by atoms with Gasteiger partial charge < -0.3 is 10.6 Å². The van der Waals surface area contributed by atoms with Crippen molar-refractivity contribution in [1.29, 1.82) is 0 Å². The largest absolute Gasteiger partial charge is 0.352 e. The number of hydrogen-bond donors (Lipinski definition) is 2. The van der Waals surface area contributed by atoms with E-state index in [1.54, 1.807) is 23.9 Å². The average molecular weight is 421 g/mol. The zero-order chi connectivity index (χ0) is 18.2. The van der Waals surface area contributed by atoms with Crippen LogP contribution in [0.1, 0.15) is 29.3 Å². The number of amides is 2. The van der Waals surface area contributed by atoms with E-state index in [1.807, 2.05) is 44.2 Å². The molecule has 4 nitrogen and oxygen atoms in total. The maximum absolute atomic E-state index is 12.2. The number of rotatable bonds is 7. The first-order valence-electron chi connectivity index (χ1n) is 8.07. The fourth-order valence-corrected chi connectivity index (χ4v) is 3.70. The van der Waals surface area contributed by atoms with E-state index in [0.29, 0.717) is 30.0 Å². The molecule has 0 aliphatic carbocycles. The molecule has 0 saturated carbocycles. The molecule has 132 valence electrons. The van der Waals surface area contributed by atoms with Crippen molar-refractivity contribution in [2.75, 3.05) is 17.6 Å². The van der Waals surface area contributed by atoms with Crippen LogP contribution < -0.4 is 10.6 Å². The Hall–Kier alpha value is -1.79. The average Bonchev–Trinajstić information content (AvgIpc) is 2.59. The second-order valence-electron chi connectivity index (χ2n) is 5.47. The summed E-state index contributed by atoms with van der Waals surface area (Å²) in [6, 6.07) is 13.3. The van der Waals surface area contributed by atoms with Crippen LogP contribution in [0.25, 0.3) is 0 Å². The first-order chi connectivity index (χ1) is 12.0. The molecule has 0 bridgehead atoms. The Morgan fingerprint density at radius 1 is 1.16 bits per heavy atom. The Bertz CT molecular complexity index is 765. The number of thioether (sulfide) groups is 1. The van der Waals surface area contributed by atoms with E-state index in [1.165, 1.54) is 0 Å². The molecule has 0 atom stereocenters. The SMILES string of the molecule is CCNC(=O)c1ccc(C)c(NC(=O)CCSc2ccccc2Br)c1. The molecule has 0 aromatic heterocycles. The molecule has 25 heavy (non-hydrogen) atoms. The number of benzene rings is 2. The molecular formula is C19H21BrN2O2S. The van der Waals surface area contributed by atoms with Gasteiger partial charge in [-0.1, -0.05) is 18.2 Å². The predicted molar refractivity (Wildman–Crippen MR) is 107 cm³/mol. The maximum atomic E-state index is 12.2. The minimum Gasteiger partial charge on any atom is -0.352 e. The molecule has 0 fully saturated rings. The summed E-state index contributed by atoms with van der Waals surface area (Å²) in [5, 5.41) is 5.66. The van der Waals surface area contributed by atoms with Gasteiger partial charge in [0.05, 0.1) is 0 Å². The highest BCUT2D eigenvalue weighted by molar-refractivity contribution is 9.10. The smallest absolute Gasteiger partial charge is 0.251 e. The number of hydrogen-bond acceptors (Lipinski definition) is 3. The van der Waals surface area contributed by atoms with Crippen molar-refractivity contribution in [3.63, 3.8) is 0 Å². The van der Waals surface area contributed by atoms with Gasteiger partial charge in [0.15, 0.2) is 0 Å². The highest BCUT2D eigenvalue weighted by atomic mass is 79.9. The van der Waals surface area contributed by atoms with Gasteiger partial charge in [0.2, 0.25) is 5.91 Å². The Kier molecular flexibility index (Phi) is 7.52. The third kappa shape index (κ3) is 5.90. The molecule has 2 aromatic carbocycles. The second kappa shape index (κ2) is 9.63. The standard InChI is InChI=1S/C19H21BrN2O2S/c1-3-21-19(24)14-9-8-13(2)16(12-14)22-18(23)10-11-25-17-7-5-4-6-15(17)20/h4-9,12H,3,10-11H2,1-2H3,(H,21,24)(H,22,23). The van der Waals surface area contributed by atoms with E-state index in [-0.39, 0.29) is 11.8 Å². The molecule has 0 unspecified atom stereocenters. The first kappa shape index (κ1) is 19.5. The Balaban J connectivity index is 1.92. The van der Waals surface area contributed by atoms with Gasteiger partial charge in [-0.2, -0.15) is 0 Å². The Morgan fingerprint density at radius 2 is 1.92 bits per heavy atom. The fraction of sp³-hybridized carbons (Fsp3) is 0.263. The molecule has 0 aliphatic heterocycles. The number of carbonyl (C=O) groups excluding carboxylic acids is 2. The van der Waals surface area contributed by atoms with Crippen LogP contribution in [0.15, 0.2) is 51.8 Å². The lowest BCUT2D eigenvalue weighted by Gasteiger charge is -2.11. The van der Waals surface area contributed by atoms with E-state index >= 15 is 0 Å². The molecule has 0 heterocycles. The van der Waals surface area contributed by atoms with Crippen LogP contribution in [0.5, 0.6) is 0 Å². The van der Waals surface area contributed by atoms with E-state index in [0.717, 1.165) is 14.9 Å².